The van der Waals surface area contributed by atoms with Gasteiger partial charge in [0, 0.05) is 0 Å². The van der Waals surface area contributed by atoms with Gasteiger partial charge in [0.25, 0.3) is 0 Å². The van der Waals surface area contributed by atoms with E-state index >= 15 is 0 Å². The molecule has 0 spiro atoms. The van der Waals surface area contributed by atoms with E-state index in [4.69, 9.17) is 20.4 Å². The summed E-state index contributed by atoms with van der Waals surface area (Å²) in [5.74, 6) is 0. The predicted octanol–water partition coefficient (Wildman–Crippen LogP) is -2.24. The molecule has 1 fully saturated rings. The van der Waals surface area contributed by atoms with Crippen molar-refractivity contribution in [3.63, 3.8) is 0 Å². The highest BCUT2D eigenvalue weighted by atomic mass is 19.1. The molecule has 12 heavy (non-hydrogen) atoms. The summed E-state index contributed by atoms with van der Waals surface area (Å²) >= 11 is 0. The summed E-state index contributed by atoms with van der Waals surface area (Å²) < 4.78 is 16.5. The minimum absolute atomic E-state index is 1.03. The second kappa shape index (κ2) is 3.63. The number of aliphatic hydroxyl groups is 4. The highest BCUT2D eigenvalue weighted by molar-refractivity contribution is 4.88. The summed E-state index contributed by atoms with van der Waals surface area (Å²) in [5, 5.41) is 35.8. The lowest BCUT2D eigenvalue weighted by molar-refractivity contribution is -0.283. The molecule has 1 aliphatic heterocycles. The molecule has 0 aliphatic carbocycles. The fourth-order valence-electron chi connectivity index (χ4n) is 1.06. The van der Waals surface area contributed by atoms with Gasteiger partial charge in [0.2, 0.25) is 0 Å². The third-order valence-electron chi connectivity index (χ3n) is 1.84. The zero-order chi connectivity index (χ0) is 9.30. The van der Waals surface area contributed by atoms with Crippen molar-refractivity contribution < 1.29 is 29.6 Å². The number of ether oxygens (including phenoxy) is 1. The van der Waals surface area contributed by atoms with E-state index in [9.17, 15) is 4.39 Å². The molecule has 1 heterocycles. The normalized spacial score (nSPS) is 49.2. The van der Waals surface area contributed by atoms with E-state index in [0.717, 1.165) is 0 Å². The fourth-order valence-corrected chi connectivity index (χ4v) is 1.06. The Bertz CT molecular complexity index is 150. The molecule has 0 aromatic heterocycles. The maximum atomic E-state index is 12.0. The smallest absolute Gasteiger partial charge is 0.184 e. The minimum atomic E-state index is -1.65. The highest BCUT2D eigenvalue weighted by Crippen LogP contribution is 2.19. The third-order valence-corrected chi connectivity index (χ3v) is 1.84. The summed E-state index contributed by atoms with van der Waals surface area (Å²) in [6.45, 7) is -1.03. The van der Waals surface area contributed by atoms with Crippen molar-refractivity contribution >= 4 is 0 Å². The van der Waals surface area contributed by atoms with Gasteiger partial charge in [-0.3, -0.25) is 0 Å². The van der Waals surface area contributed by atoms with E-state index in [1.807, 2.05) is 0 Å². The van der Waals surface area contributed by atoms with Crippen LogP contribution in [0.25, 0.3) is 0 Å². The molecule has 0 saturated carbocycles. The molecule has 4 N–H and O–H groups in total. The Balaban J connectivity index is 2.63. The van der Waals surface area contributed by atoms with E-state index in [1.165, 1.54) is 0 Å². The standard InChI is InChI=1S/C6H11FO5/c7-1-2-3(8)4(9)5(10)6(11)12-2/h2-6,8-11H,1H2/t2-,3-,4+,5-,6+/m0/s1. The van der Waals surface area contributed by atoms with Crippen LogP contribution in [-0.4, -0.2) is 57.8 Å². The van der Waals surface area contributed by atoms with Gasteiger partial charge in [-0.2, -0.15) is 0 Å². The van der Waals surface area contributed by atoms with Gasteiger partial charge >= 0.3 is 0 Å². The van der Waals surface area contributed by atoms with Crippen LogP contribution in [0.5, 0.6) is 0 Å². The first kappa shape index (κ1) is 9.82. The number of hydrogen-bond donors (Lipinski definition) is 4. The lowest BCUT2D eigenvalue weighted by Gasteiger charge is -2.37. The SMILES string of the molecule is O[C@@H]1[C@@H](O)[C@H](CF)O[C@@H](O)[C@H]1O. The molecule has 0 amide bonds. The Morgan fingerprint density at radius 1 is 1.00 bits per heavy atom. The van der Waals surface area contributed by atoms with Crippen molar-refractivity contribution in [3.8, 4) is 0 Å². The largest absolute Gasteiger partial charge is 0.387 e. The van der Waals surface area contributed by atoms with Gasteiger partial charge in [0.15, 0.2) is 6.29 Å². The van der Waals surface area contributed by atoms with Gasteiger partial charge < -0.3 is 25.2 Å². The van der Waals surface area contributed by atoms with Crippen LogP contribution in [0, 0.1) is 0 Å². The first-order valence-corrected chi connectivity index (χ1v) is 3.51. The van der Waals surface area contributed by atoms with Gasteiger partial charge in [-0.15, -0.1) is 0 Å². The zero-order valence-corrected chi connectivity index (χ0v) is 6.17. The molecule has 0 unspecified atom stereocenters. The summed E-state index contributed by atoms with van der Waals surface area (Å²) in [6.07, 6.45) is -7.60. The fraction of sp³-hybridized carbons (Fsp3) is 1.00. The lowest BCUT2D eigenvalue weighted by atomic mass is 10.00. The summed E-state index contributed by atoms with van der Waals surface area (Å²) in [4.78, 5) is 0. The minimum Gasteiger partial charge on any atom is -0.387 e. The molecule has 5 atom stereocenters. The van der Waals surface area contributed by atoms with Gasteiger partial charge in [0.05, 0.1) is 0 Å². The molecule has 1 saturated heterocycles. The number of rotatable bonds is 1. The van der Waals surface area contributed by atoms with Crippen molar-refractivity contribution in [1.29, 1.82) is 0 Å². The van der Waals surface area contributed by atoms with Crippen molar-refractivity contribution in [2.75, 3.05) is 6.67 Å². The van der Waals surface area contributed by atoms with Crippen molar-refractivity contribution in [2.45, 2.75) is 30.7 Å². The third kappa shape index (κ3) is 1.57. The average Bonchev–Trinajstić information content (AvgIpc) is 2.08. The van der Waals surface area contributed by atoms with Crippen LogP contribution in [0.2, 0.25) is 0 Å². The van der Waals surface area contributed by atoms with Crippen molar-refractivity contribution in [2.24, 2.45) is 0 Å². The molecular formula is C6H11FO5. The second-order valence-electron chi connectivity index (χ2n) is 2.69. The van der Waals surface area contributed by atoms with Crippen LogP contribution in [0.3, 0.4) is 0 Å². The van der Waals surface area contributed by atoms with Gasteiger partial charge in [-0.1, -0.05) is 0 Å². The maximum Gasteiger partial charge on any atom is 0.184 e. The number of alkyl halides is 1. The predicted molar refractivity (Wildman–Crippen MR) is 34.9 cm³/mol. The van der Waals surface area contributed by atoms with E-state index < -0.39 is 37.4 Å². The maximum absolute atomic E-state index is 12.0. The Morgan fingerprint density at radius 2 is 1.58 bits per heavy atom. The van der Waals surface area contributed by atoms with Gasteiger partial charge in [-0.05, 0) is 0 Å². The summed E-state index contributed by atoms with van der Waals surface area (Å²) in [6, 6.07) is 0. The molecule has 72 valence electrons. The van der Waals surface area contributed by atoms with Crippen LogP contribution in [0.4, 0.5) is 4.39 Å². The van der Waals surface area contributed by atoms with Gasteiger partial charge in [-0.25, -0.2) is 4.39 Å². The molecule has 0 radical (unpaired) electrons. The van der Waals surface area contributed by atoms with E-state index in [0.29, 0.717) is 0 Å². The highest BCUT2D eigenvalue weighted by Gasteiger charge is 2.42. The van der Waals surface area contributed by atoms with Crippen LogP contribution < -0.4 is 0 Å². The Labute approximate surface area is 68.0 Å². The molecule has 0 bridgehead atoms. The molecule has 0 aromatic rings. The Hall–Kier alpha value is -0.270. The Morgan fingerprint density at radius 3 is 2.08 bits per heavy atom. The van der Waals surface area contributed by atoms with E-state index in [1.54, 1.807) is 0 Å². The van der Waals surface area contributed by atoms with Crippen LogP contribution >= 0.6 is 0 Å². The summed E-state index contributed by atoms with van der Waals surface area (Å²) in [5.41, 5.74) is 0. The molecule has 1 rings (SSSR count). The summed E-state index contributed by atoms with van der Waals surface area (Å²) in [7, 11) is 0. The van der Waals surface area contributed by atoms with Crippen LogP contribution in [0.15, 0.2) is 0 Å². The monoisotopic (exact) mass is 182 g/mol. The average molecular weight is 182 g/mol. The topological polar surface area (TPSA) is 90.2 Å². The van der Waals surface area contributed by atoms with Crippen LogP contribution in [-0.2, 0) is 4.74 Å². The quantitative estimate of drug-likeness (QED) is 0.368. The van der Waals surface area contributed by atoms with E-state index in [2.05, 4.69) is 4.74 Å². The zero-order valence-electron chi connectivity index (χ0n) is 6.17. The molecule has 0 aromatic carbocycles. The lowest BCUT2D eigenvalue weighted by Crippen LogP contribution is -2.58. The number of halogens is 1. The van der Waals surface area contributed by atoms with Crippen LogP contribution in [0.1, 0.15) is 0 Å². The number of hydrogen-bond acceptors (Lipinski definition) is 5. The molecular weight excluding hydrogens is 171 g/mol. The molecule has 6 heteroatoms. The molecule has 1 aliphatic rings. The van der Waals surface area contributed by atoms with E-state index in [-0.39, 0.29) is 0 Å². The molecule has 5 nitrogen and oxygen atoms in total. The van der Waals surface area contributed by atoms with Gasteiger partial charge in [0.1, 0.15) is 31.1 Å². The second-order valence-corrected chi connectivity index (χ2v) is 2.69. The number of aliphatic hydroxyl groups excluding tert-OH is 4. The van der Waals surface area contributed by atoms with Crippen molar-refractivity contribution in [3.05, 3.63) is 0 Å². The first-order valence-electron chi connectivity index (χ1n) is 3.51. The van der Waals surface area contributed by atoms with Crippen molar-refractivity contribution in [1.82, 2.24) is 0 Å². The Kier molecular flexibility index (Phi) is 2.97. The first-order chi connectivity index (χ1) is 5.57.